The van der Waals surface area contributed by atoms with E-state index >= 15 is 0 Å². The number of aryl methyl sites for hydroxylation is 1. The molecule has 5 nitrogen and oxygen atoms in total. The van der Waals surface area contributed by atoms with Gasteiger partial charge in [0.1, 0.15) is 5.65 Å². The average Bonchev–Trinajstić information content (AvgIpc) is 2.61. The van der Waals surface area contributed by atoms with Crippen molar-refractivity contribution in [3.05, 3.63) is 76.2 Å². The summed E-state index contributed by atoms with van der Waals surface area (Å²) >= 11 is 0. The molecule has 0 N–H and O–H groups in total. The predicted octanol–water partition coefficient (Wildman–Crippen LogP) is 3.25. The molecule has 0 saturated heterocycles. The van der Waals surface area contributed by atoms with Crippen molar-refractivity contribution in [2.75, 3.05) is 6.61 Å². The van der Waals surface area contributed by atoms with Crippen molar-refractivity contribution in [3.63, 3.8) is 0 Å². The lowest BCUT2D eigenvalue weighted by Crippen LogP contribution is -2.21. The molecule has 2 heterocycles. The molecule has 0 radical (unpaired) electrons. The molecule has 0 aliphatic heterocycles. The lowest BCUT2D eigenvalue weighted by molar-refractivity contribution is -0.137. The summed E-state index contributed by atoms with van der Waals surface area (Å²) in [4.78, 5) is 29.4. The van der Waals surface area contributed by atoms with Gasteiger partial charge in [-0.05, 0) is 32.1 Å². The van der Waals surface area contributed by atoms with Gasteiger partial charge in [0.15, 0.2) is 0 Å². The Labute approximate surface area is 145 Å². The minimum Gasteiger partial charge on any atom is -0.463 e. The van der Waals surface area contributed by atoms with Crippen LogP contribution in [0.4, 0.5) is 0 Å². The number of ether oxygens (including phenoxy) is 1. The Kier molecular flexibility index (Phi) is 4.75. The van der Waals surface area contributed by atoms with Crippen LogP contribution >= 0.6 is 0 Å². The zero-order valence-corrected chi connectivity index (χ0v) is 14.1. The minimum absolute atomic E-state index is 0.220. The minimum atomic E-state index is -0.490. The van der Waals surface area contributed by atoms with E-state index < -0.39 is 5.97 Å². The summed E-state index contributed by atoms with van der Waals surface area (Å²) in [5.41, 5.74) is 2.83. The highest BCUT2D eigenvalue weighted by atomic mass is 16.5. The zero-order chi connectivity index (χ0) is 17.8. The Morgan fingerprint density at radius 1 is 1.16 bits per heavy atom. The van der Waals surface area contributed by atoms with Crippen molar-refractivity contribution in [2.24, 2.45) is 0 Å². The van der Waals surface area contributed by atoms with Crippen LogP contribution in [0.1, 0.15) is 18.2 Å². The maximum absolute atomic E-state index is 13.0. The van der Waals surface area contributed by atoms with Crippen molar-refractivity contribution in [2.45, 2.75) is 13.8 Å². The standard InChI is InChI=1S/C20H18N2O3/c1-3-25-18(23)13-12-16-19(15-9-5-4-6-10-15)21-17-11-7-8-14(2)22(17)20(16)24/h4-13H,3H2,1-2H3/b13-12+. The number of nitrogens with zero attached hydrogens (tertiary/aromatic N) is 2. The third-order valence-corrected chi connectivity index (χ3v) is 3.80. The first-order chi connectivity index (χ1) is 12.1. The van der Waals surface area contributed by atoms with Gasteiger partial charge in [0, 0.05) is 17.3 Å². The highest BCUT2D eigenvalue weighted by Gasteiger charge is 2.13. The maximum Gasteiger partial charge on any atom is 0.330 e. The number of benzene rings is 1. The third kappa shape index (κ3) is 3.35. The Balaban J connectivity index is 2.27. The second kappa shape index (κ2) is 7.13. The van der Waals surface area contributed by atoms with Gasteiger partial charge in [-0.15, -0.1) is 0 Å². The SMILES string of the molecule is CCOC(=O)/C=C/c1c(-c2ccccc2)nc2cccc(C)n2c1=O. The van der Waals surface area contributed by atoms with Crippen LogP contribution in [0.5, 0.6) is 0 Å². The monoisotopic (exact) mass is 334 g/mol. The molecular formula is C20H18N2O3. The van der Waals surface area contributed by atoms with Gasteiger partial charge in [0.05, 0.1) is 17.9 Å². The summed E-state index contributed by atoms with van der Waals surface area (Å²) in [6, 6.07) is 14.9. The van der Waals surface area contributed by atoms with Crippen LogP contribution in [0.3, 0.4) is 0 Å². The van der Waals surface area contributed by atoms with Crippen LogP contribution in [0.2, 0.25) is 0 Å². The first kappa shape index (κ1) is 16.6. The molecule has 0 spiro atoms. The van der Waals surface area contributed by atoms with E-state index in [4.69, 9.17) is 4.74 Å². The maximum atomic E-state index is 13.0. The van der Waals surface area contributed by atoms with E-state index in [9.17, 15) is 9.59 Å². The van der Waals surface area contributed by atoms with Crippen molar-refractivity contribution in [1.82, 2.24) is 9.38 Å². The van der Waals surface area contributed by atoms with Crippen LogP contribution in [-0.4, -0.2) is 22.0 Å². The fraction of sp³-hybridized carbons (Fsp3) is 0.150. The van der Waals surface area contributed by atoms with Crippen molar-refractivity contribution in [1.29, 1.82) is 0 Å². The fourth-order valence-corrected chi connectivity index (χ4v) is 2.66. The summed E-state index contributed by atoms with van der Waals surface area (Å²) < 4.78 is 6.44. The molecule has 25 heavy (non-hydrogen) atoms. The summed E-state index contributed by atoms with van der Waals surface area (Å²) in [5.74, 6) is -0.490. The van der Waals surface area contributed by atoms with E-state index in [-0.39, 0.29) is 12.2 Å². The Bertz CT molecular complexity index is 1000. The van der Waals surface area contributed by atoms with Gasteiger partial charge < -0.3 is 4.74 Å². The molecule has 5 heteroatoms. The number of carbonyl (C=O) groups is 1. The van der Waals surface area contributed by atoms with Crippen LogP contribution in [0.15, 0.2) is 59.4 Å². The number of rotatable bonds is 4. The Morgan fingerprint density at radius 2 is 1.92 bits per heavy atom. The molecule has 0 aliphatic carbocycles. The topological polar surface area (TPSA) is 60.7 Å². The van der Waals surface area contributed by atoms with Crippen LogP contribution in [0, 0.1) is 6.92 Å². The summed E-state index contributed by atoms with van der Waals surface area (Å²) in [6.07, 6.45) is 2.74. The van der Waals surface area contributed by atoms with E-state index in [2.05, 4.69) is 4.98 Å². The average molecular weight is 334 g/mol. The summed E-state index contributed by atoms with van der Waals surface area (Å²) in [6.45, 7) is 3.86. The molecule has 0 atom stereocenters. The van der Waals surface area contributed by atoms with Gasteiger partial charge in [0.25, 0.3) is 5.56 Å². The van der Waals surface area contributed by atoms with E-state index in [0.29, 0.717) is 16.9 Å². The molecular weight excluding hydrogens is 316 g/mol. The van der Waals surface area contributed by atoms with E-state index in [1.807, 2.05) is 49.4 Å². The van der Waals surface area contributed by atoms with Gasteiger partial charge >= 0.3 is 5.97 Å². The molecule has 0 aliphatic rings. The predicted molar refractivity (Wildman–Crippen MR) is 97.3 cm³/mol. The smallest absolute Gasteiger partial charge is 0.330 e. The van der Waals surface area contributed by atoms with E-state index in [1.165, 1.54) is 16.6 Å². The molecule has 3 aromatic rings. The number of esters is 1. The molecule has 2 aromatic heterocycles. The zero-order valence-electron chi connectivity index (χ0n) is 14.1. The molecule has 0 saturated carbocycles. The lowest BCUT2D eigenvalue weighted by Gasteiger charge is -2.10. The van der Waals surface area contributed by atoms with Crippen LogP contribution in [-0.2, 0) is 9.53 Å². The first-order valence-corrected chi connectivity index (χ1v) is 8.04. The lowest BCUT2D eigenvalue weighted by atomic mass is 10.1. The number of hydrogen-bond donors (Lipinski definition) is 0. The largest absolute Gasteiger partial charge is 0.463 e. The Hall–Kier alpha value is -3.21. The summed E-state index contributed by atoms with van der Waals surface area (Å²) in [5, 5.41) is 0. The summed E-state index contributed by atoms with van der Waals surface area (Å²) in [7, 11) is 0. The highest BCUT2D eigenvalue weighted by molar-refractivity contribution is 5.88. The van der Waals surface area contributed by atoms with Gasteiger partial charge in [-0.25, -0.2) is 9.78 Å². The molecule has 0 bridgehead atoms. The molecule has 3 rings (SSSR count). The van der Waals surface area contributed by atoms with Gasteiger partial charge in [0.2, 0.25) is 0 Å². The second-order valence-corrected chi connectivity index (χ2v) is 5.49. The molecule has 126 valence electrons. The Morgan fingerprint density at radius 3 is 2.64 bits per heavy atom. The number of aromatic nitrogens is 2. The quantitative estimate of drug-likeness (QED) is 0.543. The number of carbonyl (C=O) groups excluding carboxylic acids is 1. The first-order valence-electron chi connectivity index (χ1n) is 8.04. The normalized spacial score (nSPS) is 11.1. The third-order valence-electron chi connectivity index (χ3n) is 3.80. The van der Waals surface area contributed by atoms with Crippen LogP contribution in [0.25, 0.3) is 23.0 Å². The van der Waals surface area contributed by atoms with Gasteiger partial charge in [-0.3, -0.25) is 9.20 Å². The van der Waals surface area contributed by atoms with E-state index in [0.717, 1.165) is 11.3 Å². The van der Waals surface area contributed by atoms with Crippen molar-refractivity contribution < 1.29 is 9.53 Å². The molecule has 1 aromatic carbocycles. The molecule has 0 amide bonds. The molecule has 0 unspecified atom stereocenters. The highest BCUT2D eigenvalue weighted by Crippen LogP contribution is 2.21. The van der Waals surface area contributed by atoms with Crippen molar-refractivity contribution >= 4 is 17.7 Å². The van der Waals surface area contributed by atoms with Gasteiger partial charge in [-0.1, -0.05) is 36.4 Å². The second-order valence-electron chi connectivity index (χ2n) is 5.49. The van der Waals surface area contributed by atoms with Gasteiger partial charge in [-0.2, -0.15) is 0 Å². The van der Waals surface area contributed by atoms with Crippen molar-refractivity contribution in [3.8, 4) is 11.3 Å². The molecule has 0 fully saturated rings. The number of hydrogen-bond acceptors (Lipinski definition) is 4. The number of pyridine rings is 1. The van der Waals surface area contributed by atoms with E-state index in [1.54, 1.807) is 13.0 Å². The van der Waals surface area contributed by atoms with Crippen LogP contribution < -0.4 is 5.56 Å². The number of fused-ring (bicyclic) bond motifs is 1. The fourth-order valence-electron chi connectivity index (χ4n) is 2.66.